The summed E-state index contributed by atoms with van der Waals surface area (Å²) >= 11 is 0. The van der Waals surface area contributed by atoms with Crippen LogP contribution in [0.4, 0.5) is 15.0 Å². The van der Waals surface area contributed by atoms with Gasteiger partial charge in [-0.15, -0.1) is 0 Å². The molecule has 0 N–H and O–H groups in total. The Morgan fingerprint density at radius 2 is 1.57 bits per heavy atom. The van der Waals surface area contributed by atoms with Crippen LogP contribution in [0.2, 0.25) is 0 Å². The largest absolute Gasteiger partial charge is 0.444 e. The highest BCUT2D eigenvalue weighted by Crippen LogP contribution is 2.43. The van der Waals surface area contributed by atoms with Gasteiger partial charge in [0.25, 0.3) is 0 Å². The number of aromatic nitrogens is 2. The first-order chi connectivity index (χ1) is 20.1. The number of fused-ring (bicyclic) bond motifs is 4. The van der Waals surface area contributed by atoms with Crippen molar-refractivity contribution < 1.29 is 18.7 Å². The van der Waals surface area contributed by atoms with Crippen LogP contribution in [0.5, 0.6) is 0 Å². The van der Waals surface area contributed by atoms with Gasteiger partial charge in [-0.05, 0) is 57.9 Å². The number of ether oxygens (including phenoxy) is 2. The first-order valence-corrected chi connectivity index (χ1v) is 14.3. The highest BCUT2D eigenvalue weighted by molar-refractivity contribution is 6.14. The minimum Gasteiger partial charge on any atom is -0.444 e. The van der Waals surface area contributed by atoms with Crippen molar-refractivity contribution in [2.45, 2.75) is 58.7 Å². The summed E-state index contributed by atoms with van der Waals surface area (Å²) in [4.78, 5) is 20.7. The summed E-state index contributed by atoms with van der Waals surface area (Å²) in [6.45, 7) is 9.80. The van der Waals surface area contributed by atoms with E-state index >= 15 is 0 Å². The first-order valence-electron chi connectivity index (χ1n) is 14.3. The maximum absolute atomic E-state index is 14.7. The van der Waals surface area contributed by atoms with Gasteiger partial charge in [-0.25, -0.2) is 18.9 Å². The fourth-order valence-electron chi connectivity index (χ4n) is 5.81. The lowest BCUT2D eigenvalue weighted by Crippen LogP contribution is -2.55. The third kappa shape index (κ3) is 5.23. The van der Waals surface area contributed by atoms with E-state index in [2.05, 4.69) is 0 Å². The molecule has 0 spiro atoms. The minimum atomic E-state index is -0.644. The number of rotatable bonds is 4. The van der Waals surface area contributed by atoms with E-state index in [9.17, 15) is 9.18 Å². The van der Waals surface area contributed by atoms with Crippen LogP contribution in [0, 0.1) is 19.7 Å². The van der Waals surface area contributed by atoms with E-state index in [0.717, 1.165) is 28.1 Å². The van der Waals surface area contributed by atoms with E-state index in [1.54, 1.807) is 35.6 Å². The van der Waals surface area contributed by atoms with Crippen molar-refractivity contribution in [3.05, 3.63) is 112 Å². The molecule has 1 aromatic heterocycles. The fraction of sp³-hybridized carbons (Fsp3) is 0.324. The molecule has 42 heavy (non-hydrogen) atoms. The zero-order valence-electron chi connectivity index (χ0n) is 24.6. The van der Waals surface area contributed by atoms with Crippen LogP contribution >= 0.6 is 0 Å². The SMILES string of the molecule is Cc1cc(-n2nc3c(c2N=C(c2ccccc2)c2ccccc2)C2COCC(C3)N2C(=O)OC(C)(C)C)cc(C)c1F. The van der Waals surface area contributed by atoms with E-state index < -0.39 is 11.6 Å². The molecule has 6 rings (SSSR count). The molecule has 4 aromatic rings. The molecule has 0 radical (unpaired) electrons. The Bertz CT molecular complexity index is 1590. The minimum absolute atomic E-state index is 0.217. The molecule has 2 bridgehead atoms. The first kappa shape index (κ1) is 27.8. The highest BCUT2D eigenvalue weighted by atomic mass is 19.1. The number of nitrogens with zero attached hydrogens (tertiary/aromatic N) is 4. The lowest BCUT2D eigenvalue weighted by molar-refractivity contribution is -0.0673. The molecule has 1 amide bonds. The Balaban J connectivity index is 1.61. The molecule has 0 saturated carbocycles. The van der Waals surface area contributed by atoms with Crippen molar-refractivity contribution >= 4 is 17.6 Å². The average Bonchev–Trinajstić information content (AvgIpc) is 3.31. The zero-order chi connectivity index (χ0) is 29.6. The third-order valence-electron chi connectivity index (χ3n) is 7.63. The number of amides is 1. The summed E-state index contributed by atoms with van der Waals surface area (Å²) in [5, 5.41) is 5.08. The summed E-state index contributed by atoms with van der Waals surface area (Å²) in [7, 11) is 0. The molecule has 0 aliphatic carbocycles. The summed E-state index contributed by atoms with van der Waals surface area (Å²) in [5.74, 6) is 0.343. The standard InChI is InChI=1S/C34H35FN4O3/c1-21-16-25(17-22(2)30(21)35)39-32(36-31(23-12-8-6-9-13-23)24-14-10-7-11-15-24)29-27(37-39)18-26-19-41-20-28(29)38(26)33(40)42-34(3,4)5/h6-17,26,28H,18-20H2,1-5H3. The number of hydrogen-bond acceptors (Lipinski definition) is 5. The maximum Gasteiger partial charge on any atom is 0.411 e. The molecule has 3 aromatic carbocycles. The maximum atomic E-state index is 14.7. The molecule has 1 fully saturated rings. The lowest BCUT2D eigenvalue weighted by Gasteiger charge is -2.45. The van der Waals surface area contributed by atoms with E-state index in [1.165, 1.54) is 0 Å². The Hall–Kier alpha value is -4.30. The number of halogens is 1. The second-order valence-electron chi connectivity index (χ2n) is 12.0. The number of aryl methyl sites for hydroxylation is 2. The number of carbonyl (C=O) groups is 1. The van der Waals surface area contributed by atoms with Gasteiger partial charge in [-0.3, -0.25) is 4.90 Å². The fourth-order valence-corrected chi connectivity index (χ4v) is 5.81. The number of benzene rings is 3. The Labute approximate surface area is 245 Å². The Morgan fingerprint density at radius 1 is 0.976 bits per heavy atom. The normalized spacial score (nSPS) is 17.9. The summed E-state index contributed by atoms with van der Waals surface area (Å²) in [6, 6.07) is 22.9. The van der Waals surface area contributed by atoms with E-state index in [-0.39, 0.29) is 18.0 Å². The highest BCUT2D eigenvalue weighted by Gasteiger charge is 2.46. The molecular weight excluding hydrogens is 531 g/mol. The lowest BCUT2D eigenvalue weighted by atomic mass is 9.92. The molecule has 1 saturated heterocycles. The molecule has 2 aliphatic rings. The molecule has 2 aliphatic heterocycles. The van der Waals surface area contributed by atoms with Crippen LogP contribution in [0.25, 0.3) is 5.69 Å². The molecule has 8 heteroatoms. The second kappa shape index (κ2) is 10.8. The smallest absolute Gasteiger partial charge is 0.411 e. The van der Waals surface area contributed by atoms with Crippen LogP contribution in [-0.4, -0.2) is 51.3 Å². The van der Waals surface area contributed by atoms with Gasteiger partial charge in [0, 0.05) is 23.1 Å². The van der Waals surface area contributed by atoms with Crippen molar-refractivity contribution in [3.63, 3.8) is 0 Å². The predicted molar refractivity (Wildman–Crippen MR) is 160 cm³/mol. The Kier molecular flexibility index (Phi) is 7.19. The Morgan fingerprint density at radius 3 is 2.14 bits per heavy atom. The van der Waals surface area contributed by atoms with Gasteiger partial charge in [0.05, 0.1) is 42.4 Å². The predicted octanol–water partition coefficient (Wildman–Crippen LogP) is 7.03. The second-order valence-corrected chi connectivity index (χ2v) is 12.0. The summed E-state index contributed by atoms with van der Waals surface area (Å²) in [6.07, 6.45) is 0.111. The summed E-state index contributed by atoms with van der Waals surface area (Å²) < 4.78 is 28.4. The average molecular weight is 567 g/mol. The van der Waals surface area contributed by atoms with Gasteiger partial charge in [0.1, 0.15) is 11.4 Å². The number of carbonyl (C=O) groups excluding carboxylic acids is 1. The van der Waals surface area contributed by atoms with E-state index in [0.29, 0.717) is 42.3 Å². The number of hydrogen-bond donors (Lipinski definition) is 0. The molecule has 2 atom stereocenters. The third-order valence-corrected chi connectivity index (χ3v) is 7.63. The van der Waals surface area contributed by atoms with Crippen LogP contribution in [-0.2, 0) is 15.9 Å². The van der Waals surface area contributed by atoms with Crippen molar-refractivity contribution in [2.75, 3.05) is 13.2 Å². The zero-order valence-corrected chi connectivity index (χ0v) is 24.6. The number of aliphatic imine (C=N–C) groups is 1. The van der Waals surface area contributed by atoms with Crippen molar-refractivity contribution in [2.24, 2.45) is 4.99 Å². The molecular formula is C34H35FN4O3. The van der Waals surface area contributed by atoms with Crippen molar-refractivity contribution in [1.82, 2.24) is 14.7 Å². The quantitative estimate of drug-likeness (QED) is 0.249. The van der Waals surface area contributed by atoms with Crippen molar-refractivity contribution in [3.8, 4) is 5.69 Å². The molecule has 2 unspecified atom stereocenters. The molecule has 216 valence electrons. The topological polar surface area (TPSA) is 69.0 Å². The van der Waals surface area contributed by atoms with Crippen LogP contribution < -0.4 is 0 Å². The van der Waals surface area contributed by atoms with Gasteiger partial charge < -0.3 is 9.47 Å². The summed E-state index contributed by atoms with van der Waals surface area (Å²) in [5.41, 5.74) is 5.43. The van der Waals surface area contributed by atoms with Gasteiger partial charge in [-0.1, -0.05) is 60.7 Å². The van der Waals surface area contributed by atoms with Gasteiger partial charge >= 0.3 is 6.09 Å². The van der Waals surface area contributed by atoms with Crippen LogP contribution in [0.15, 0.2) is 77.8 Å². The van der Waals surface area contributed by atoms with Crippen molar-refractivity contribution in [1.29, 1.82) is 0 Å². The molecule has 7 nitrogen and oxygen atoms in total. The van der Waals surface area contributed by atoms with E-state index in [1.807, 2.05) is 81.4 Å². The monoisotopic (exact) mass is 566 g/mol. The number of morpholine rings is 1. The van der Waals surface area contributed by atoms with Crippen LogP contribution in [0.1, 0.15) is 60.3 Å². The van der Waals surface area contributed by atoms with E-state index in [4.69, 9.17) is 19.6 Å². The molecule has 3 heterocycles. The van der Waals surface area contributed by atoms with Crippen LogP contribution in [0.3, 0.4) is 0 Å². The van der Waals surface area contributed by atoms with Gasteiger partial charge in [-0.2, -0.15) is 5.10 Å². The van der Waals surface area contributed by atoms with Gasteiger partial charge in [0.2, 0.25) is 0 Å². The van der Waals surface area contributed by atoms with Gasteiger partial charge in [0.15, 0.2) is 5.82 Å².